The Labute approximate surface area is 331 Å². The van der Waals surface area contributed by atoms with Gasteiger partial charge < -0.3 is 41.9 Å². The lowest BCUT2D eigenvalue weighted by molar-refractivity contribution is 0.481. The maximum atomic E-state index is 6.23. The fourth-order valence-corrected chi connectivity index (χ4v) is 6.78. The molecule has 0 bridgehead atoms. The van der Waals surface area contributed by atoms with Gasteiger partial charge in [0.15, 0.2) is 0 Å². The SMILES string of the molecule is Nc1ccc(Oc2ccc(C(c3ccc(Oc4ccc(N)cc4)cc3)(c3ccc(Oc4ccc(N)cc4)cc3)c3ccc(Oc4ccc(N)cc4)cc3)cc2)cc1. The van der Waals surface area contributed by atoms with E-state index in [0.29, 0.717) is 68.7 Å². The minimum atomic E-state index is -0.834. The molecule has 0 radical (unpaired) electrons. The van der Waals surface area contributed by atoms with Gasteiger partial charge in [-0.05, 0) is 168 Å². The van der Waals surface area contributed by atoms with Gasteiger partial charge in [-0.2, -0.15) is 0 Å². The Hall–Kier alpha value is -7.84. The summed E-state index contributed by atoms with van der Waals surface area (Å²) < 4.78 is 24.9. The number of ether oxygens (including phenoxy) is 4. The molecule has 0 unspecified atom stereocenters. The first-order chi connectivity index (χ1) is 27.8. The Morgan fingerprint density at radius 1 is 0.211 bits per heavy atom. The van der Waals surface area contributed by atoms with Crippen LogP contribution in [0.3, 0.4) is 0 Å². The second kappa shape index (κ2) is 15.9. The van der Waals surface area contributed by atoms with Crippen molar-refractivity contribution in [2.45, 2.75) is 5.41 Å². The molecule has 0 atom stereocenters. The van der Waals surface area contributed by atoms with Crippen LogP contribution in [0.1, 0.15) is 22.3 Å². The minimum Gasteiger partial charge on any atom is -0.457 e. The van der Waals surface area contributed by atoms with Crippen LogP contribution in [0, 0.1) is 0 Å². The number of rotatable bonds is 12. The summed E-state index contributed by atoms with van der Waals surface area (Å²) >= 11 is 0. The van der Waals surface area contributed by atoms with Crippen LogP contribution in [0.25, 0.3) is 0 Å². The highest BCUT2D eigenvalue weighted by Gasteiger charge is 2.39. The van der Waals surface area contributed by atoms with E-state index < -0.39 is 5.41 Å². The monoisotopic (exact) mass is 748 g/mol. The van der Waals surface area contributed by atoms with Gasteiger partial charge in [-0.3, -0.25) is 0 Å². The van der Waals surface area contributed by atoms with E-state index in [1.807, 2.05) is 146 Å². The first-order valence-electron chi connectivity index (χ1n) is 18.4. The van der Waals surface area contributed by atoms with Gasteiger partial charge in [0.25, 0.3) is 0 Å². The molecule has 0 spiro atoms. The Morgan fingerprint density at radius 3 is 0.509 bits per heavy atom. The summed E-state index contributed by atoms with van der Waals surface area (Å²) in [6.45, 7) is 0. The van der Waals surface area contributed by atoms with Gasteiger partial charge in [0.1, 0.15) is 46.0 Å². The van der Waals surface area contributed by atoms with Crippen molar-refractivity contribution in [3.8, 4) is 46.0 Å². The number of hydrogen-bond acceptors (Lipinski definition) is 8. The third-order valence-electron chi connectivity index (χ3n) is 9.61. The summed E-state index contributed by atoms with van der Waals surface area (Å²) in [5, 5.41) is 0. The molecule has 0 heterocycles. The maximum Gasteiger partial charge on any atom is 0.127 e. The lowest BCUT2D eigenvalue weighted by Crippen LogP contribution is -2.31. The summed E-state index contributed by atoms with van der Waals surface area (Å²) in [6.07, 6.45) is 0. The molecule has 57 heavy (non-hydrogen) atoms. The predicted molar refractivity (Wildman–Crippen MR) is 228 cm³/mol. The second-order valence-electron chi connectivity index (χ2n) is 13.5. The molecule has 280 valence electrons. The van der Waals surface area contributed by atoms with Crippen molar-refractivity contribution in [1.82, 2.24) is 0 Å². The largest absolute Gasteiger partial charge is 0.457 e. The zero-order valence-corrected chi connectivity index (χ0v) is 30.9. The quantitative estimate of drug-likeness (QED) is 0.0715. The van der Waals surface area contributed by atoms with Crippen LogP contribution in [0.15, 0.2) is 194 Å². The summed E-state index contributed by atoms with van der Waals surface area (Å²) in [5.74, 6) is 5.49. The van der Waals surface area contributed by atoms with E-state index in [-0.39, 0.29) is 0 Å². The molecule has 8 aromatic rings. The van der Waals surface area contributed by atoms with Gasteiger partial charge in [0.2, 0.25) is 0 Å². The molecular weight excluding hydrogens is 709 g/mol. The second-order valence-corrected chi connectivity index (χ2v) is 13.5. The van der Waals surface area contributed by atoms with Gasteiger partial charge in [-0.25, -0.2) is 0 Å². The summed E-state index contributed by atoms with van der Waals surface area (Å²) in [5.41, 5.74) is 29.5. The van der Waals surface area contributed by atoms with Crippen LogP contribution in [0.5, 0.6) is 46.0 Å². The van der Waals surface area contributed by atoms with Gasteiger partial charge in [-0.1, -0.05) is 48.5 Å². The number of hydrogen-bond donors (Lipinski definition) is 4. The maximum absolute atomic E-state index is 6.23. The van der Waals surface area contributed by atoms with E-state index in [4.69, 9.17) is 41.9 Å². The van der Waals surface area contributed by atoms with E-state index >= 15 is 0 Å². The molecule has 0 saturated heterocycles. The van der Waals surface area contributed by atoms with Crippen LogP contribution in [-0.4, -0.2) is 0 Å². The summed E-state index contributed by atoms with van der Waals surface area (Å²) in [4.78, 5) is 0. The van der Waals surface area contributed by atoms with E-state index in [1.54, 1.807) is 0 Å². The van der Waals surface area contributed by atoms with E-state index in [0.717, 1.165) is 22.3 Å². The topological polar surface area (TPSA) is 141 Å². The van der Waals surface area contributed by atoms with E-state index in [9.17, 15) is 0 Å². The number of nitrogens with two attached hydrogens (primary N) is 4. The average molecular weight is 749 g/mol. The molecule has 8 rings (SSSR count). The molecule has 8 nitrogen and oxygen atoms in total. The zero-order valence-electron chi connectivity index (χ0n) is 30.9. The standard InChI is InChI=1S/C49H40N4O4/c50-37-9-25-45(26-10-37)54-41-17-1-33(2-18-41)49(34-3-19-42(20-4-34)55-46-27-11-38(51)12-28-46,35-5-21-43(22-6-35)56-47-29-13-39(52)14-30-47)36-7-23-44(24-8-36)57-48-31-15-40(53)16-32-48/h1-32H,50-53H2. The first kappa shape index (κ1) is 36.2. The number of benzene rings is 8. The Morgan fingerprint density at radius 2 is 0.351 bits per heavy atom. The molecule has 8 heteroatoms. The van der Waals surface area contributed by atoms with Crippen LogP contribution in [0.2, 0.25) is 0 Å². The lowest BCUT2D eigenvalue weighted by Gasteiger charge is -2.37. The van der Waals surface area contributed by atoms with Crippen LogP contribution >= 0.6 is 0 Å². The molecule has 0 aliphatic carbocycles. The van der Waals surface area contributed by atoms with Crippen molar-refractivity contribution in [2.24, 2.45) is 0 Å². The van der Waals surface area contributed by atoms with Crippen molar-refractivity contribution in [1.29, 1.82) is 0 Å². The normalized spacial score (nSPS) is 11.1. The van der Waals surface area contributed by atoms with Crippen molar-refractivity contribution < 1.29 is 18.9 Å². The van der Waals surface area contributed by atoms with Gasteiger partial charge >= 0.3 is 0 Å². The molecule has 8 aromatic carbocycles. The third kappa shape index (κ3) is 8.16. The average Bonchev–Trinajstić information content (AvgIpc) is 3.24. The Bertz CT molecular complexity index is 2170. The summed E-state index contributed by atoms with van der Waals surface area (Å²) in [6, 6.07) is 62.0. The smallest absolute Gasteiger partial charge is 0.127 e. The van der Waals surface area contributed by atoms with Crippen molar-refractivity contribution in [3.05, 3.63) is 216 Å². The summed E-state index contributed by atoms with van der Waals surface area (Å²) in [7, 11) is 0. The molecule has 8 N–H and O–H groups in total. The Balaban J connectivity index is 1.24. The fraction of sp³-hybridized carbons (Fsp3) is 0.0204. The van der Waals surface area contributed by atoms with Crippen molar-refractivity contribution in [3.63, 3.8) is 0 Å². The van der Waals surface area contributed by atoms with Crippen LogP contribution in [-0.2, 0) is 5.41 Å². The highest BCUT2D eigenvalue weighted by Crippen LogP contribution is 2.47. The van der Waals surface area contributed by atoms with E-state index in [1.165, 1.54) is 0 Å². The minimum absolute atomic E-state index is 0.669. The predicted octanol–water partition coefficient (Wildman–Crippen LogP) is 11.6. The van der Waals surface area contributed by atoms with E-state index in [2.05, 4.69) is 48.5 Å². The molecule has 0 saturated carbocycles. The highest BCUT2D eigenvalue weighted by molar-refractivity contribution is 5.62. The fourth-order valence-electron chi connectivity index (χ4n) is 6.78. The molecule has 0 aliphatic rings. The van der Waals surface area contributed by atoms with Crippen LogP contribution < -0.4 is 41.9 Å². The highest BCUT2D eigenvalue weighted by atomic mass is 16.5. The van der Waals surface area contributed by atoms with Gasteiger partial charge in [0.05, 0.1) is 5.41 Å². The van der Waals surface area contributed by atoms with Gasteiger partial charge in [0, 0.05) is 22.7 Å². The van der Waals surface area contributed by atoms with Gasteiger partial charge in [-0.15, -0.1) is 0 Å². The lowest BCUT2D eigenvalue weighted by atomic mass is 9.65. The molecular formula is C49H40N4O4. The number of anilines is 4. The molecule has 0 aliphatic heterocycles. The Kier molecular flexibility index (Phi) is 10.1. The molecule has 0 fully saturated rings. The van der Waals surface area contributed by atoms with Crippen molar-refractivity contribution >= 4 is 22.7 Å². The number of nitrogen functional groups attached to an aromatic ring is 4. The molecule has 0 aromatic heterocycles. The first-order valence-corrected chi connectivity index (χ1v) is 18.4. The molecule has 0 amide bonds. The third-order valence-corrected chi connectivity index (χ3v) is 9.61. The van der Waals surface area contributed by atoms with Crippen LogP contribution in [0.4, 0.5) is 22.7 Å². The zero-order chi connectivity index (χ0) is 39.2. The van der Waals surface area contributed by atoms with Crippen molar-refractivity contribution in [2.75, 3.05) is 22.9 Å².